The Morgan fingerprint density at radius 3 is 1.94 bits per heavy atom. The van der Waals surface area contributed by atoms with Crippen LogP contribution in [0.3, 0.4) is 0 Å². The summed E-state index contributed by atoms with van der Waals surface area (Å²) in [5.41, 5.74) is 1.98. The van der Waals surface area contributed by atoms with Crippen molar-refractivity contribution in [3.05, 3.63) is 97.1 Å². The van der Waals surface area contributed by atoms with E-state index in [0.29, 0.717) is 33.0 Å². The predicted molar refractivity (Wildman–Crippen MR) is 138 cm³/mol. The zero-order valence-electron chi connectivity index (χ0n) is 19.9. The third kappa shape index (κ3) is 8.08. The van der Waals surface area contributed by atoms with Crippen LogP contribution in [0.2, 0.25) is 0 Å². The van der Waals surface area contributed by atoms with E-state index in [1.54, 1.807) is 23.9 Å². The van der Waals surface area contributed by atoms with Crippen LogP contribution in [0.1, 0.15) is 18.1 Å². The second-order valence-corrected chi connectivity index (χ2v) is 9.31. The van der Waals surface area contributed by atoms with Gasteiger partial charge >= 0.3 is 0 Å². The Bertz CT molecular complexity index is 831. The lowest BCUT2D eigenvalue weighted by atomic mass is 9.99. The molecule has 0 spiro atoms. The molecule has 1 fully saturated rings. The predicted octanol–water partition coefficient (Wildman–Crippen LogP) is 5.41. The maximum Gasteiger partial charge on any atom is 0.132 e. The molecule has 1 aliphatic heterocycles. The zero-order chi connectivity index (χ0) is 24.0. The van der Waals surface area contributed by atoms with Gasteiger partial charge in [-0.1, -0.05) is 79.7 Å². The van der Waals surface area contributed by atoms with Gasteiger partial charge in [0.15, 0.2) is 0 Å². The van der Waals surface area contributed by atoms with E-state index >= 15 is 0 Å². The molecule has 0 aromatic heterocycles. The highest BCUT2D eigenvalue weighted by Crippen LogP contribution is 2.34. The Balaban J connectivity index is 1.83. The summed E-state index contributed by atoms with van der Waals surface area (Å²) in [7, 11) is 0. The summed E-state index contributed by atoms with van der Waals surface area (Å²) < 4.78 is 31.6. The van der Waals surface area contributed by atoms with Crippen molar-refractivity contribution in [3.63, 3.8) is 0 Å². The summed E-state index contributed by atoms with van der Waals surface area (Å²) in [4.78, 5) is 0. The molecule has 3 rings (SSSR count). The van der Waals surface area contributed by atoms with Gasteiger partial charge in [0.25, 0.3) is 0 Å². The quantitative estimate of drug-likeness (QED) is 0.249. The Labute approximate surface area is 208 Å². The Morgan fingerprint density at radius 2 is 1.38 bits per heavy atom. The van der Waals surface area contributed by atoms with Gasteiger partial charge in [-0.3, -0.25) is 0 Å². The minimum atomic E-state index is -0.376. The number of hydrogen-bond donors (Lipinski definition) is 0. The normalized spacial score (nSPS) is 24.6. The second-order valence-electron chi connectivity index (χ2n) is 7.93. The van der Waals surface area contributed by atoms with Gasteiger partial charge in [-0.05, 0) is 16.9 Å². The molecule has 34 heavy (non-hydrogen) atoms. The third-order valence-electron chi connectivity index (χ3n) is 5.42. The fourth-order valence-electron chi connectivity index (χ4n) is 3.86. The molecule has 184 valence electrons. The standard InChI is InChI=1S/C28H36O5S/c1-4-17-29-21-24-25(31-19-22-13-9-7-10-14-22)26(30-18-5-2)27(28(33-24)34-6-3)32-20-23-15-11-8-12-16-23/h4-5,7-16,24-28H,1-2,6,17-21H2,3H3/t24-,25-,26+,27-,28+/m1/s1. The number of rotatable bonds is 15. The van der Waals surface area contributed by atoms with Gasteiger partial charge in [0.1, 0.15) is 29.9 Å². The van der Waals surface area contributed by atoms with Crippen molar-refractivity contribution in [2.75, 3.05) is 25.6 Å². The molecular formula is C28H36O5S. The van der Waals surface area contributed by atoms with Gasteiger partial charge in [0.2, 0.25) is 0 Å². The summed E-state index contributed by atoms with van der Waals surface area (Å²) in [6.07, 6.45) is 2.14. The molecule has 1 saturated heterocycles. The summed E-state index contributed by atoms with van der Waals surface area (Å²) in [6.45, 7) is 11.8. The average Bonchev–Trinajstić information content (AvgIpc) is 2.87. The smallest absolute Gasteiger partial charge is 0.132 e. The van der Waals surface area contributed by atoms with Crippen LogP contribution in [0, 0.1) is 0 Å². The Morgan fingerprint density at radius 1 is 0.794 bits per heavy atom. The van der Waals surface area contributed by atoms with Crippen LogP contribution in [0.4, 0.5) is 0 Å². The minimum Gasteiger partial charge on any atom is -0.375 e. The maximum absolute atomic E-state index is 6.53. The first-order chi connectivity index (χ1) is 16.8. The lowest BCUT2D eigenvalue weighted by molar-refractivity contribution is -0.249. The highest BCUT2D eigenvalue weighted by molar-refractivity contribution is 7.99. The van der Waals surface area contributed by atoms with Crippen LogP contribution < -0.4 is 0 Å². The van der Waals surface area contributed by atoms with E-state index in [4.69, 9.17) is 23.7 Å². The van der Waals surface area contributed by atoms with Gasteiger partial charge in [-0.15, -0.1) is 24.9 Å². The fraction of sp³-hybridized carbons (Fsp3) is 0.429. The molecule has 5 atom stereocenters. The van der Waals surface area contributed by atoms with E-state index in [1.807, 2.05) is 48.5 Å². The van der Waals surface area contributed by atoms with E-state index in [1.165, 1.54) is 0 Å². The summed E-state index contributed by atoms with van der Waals surface area (Å²) in [5.74, 6) is 0.889. The fourth-order valence-corrected chi connectivity index (χ4v) is 4.83. The number of hydrogen-bond acceptors (Lipinski definition) is 6. The maximum atomic E-state index is 6.53. The molecule has 6 heteroatoms. The molecular weight excluding hydrogens is 448 g/mol. The number of ether oxygens (including phenoxy) is 5. The van der Waals surface area contributed by atoms with Gasteiger partial charge in [-0.25, -0.2) is 0 Å². The van der Waals surface area contributed by atoms with Gasteiger partial charge in [-0.2, -0.15) is 0 Å². The number of benzene rings is 2. The van der Waals surface area contributed by atoms with Crippen molar-refractivity contribution < 1.29 is 23.7 Å². The van der Waals surface area contributed by atoms with Crippen LogP contribution in [0.25, 0.3) is 0 Å². The molecule has 0 unspecified atom stereocenters. The third-order valence-corrected chi connectivity index (χ3v) is 6.46. The largest absolute Gasteiger partial charge is 0.375 e. The van der Waals surface area contributed by atoms with Crippen LogP contribution in [0.15, 0.2) is 86.0 Å². The Kier molecular flexibility index (Phi) is 11.9. The van der Waals surface area contributed by atoms with Crippen LogP contribution in [0.5, 0.6) is 0 Å². The minimum absolute atomic E-state index is 0.211. The molecule has 0 radical (unpaired) electrons. The molecule has 2 aromatic rings. The van der Waals surface area contributed by atoms with Crippen LogP contribution in [-0.4, -0.2) is 55.4 Å². The monoisotopic (exact) mass is 484 g/mol. The van der Waals surface area contributed by atoms with Crippen LogP contribution >= 0.6 is 11.8 Å². The van der Waals surface area contributed by atoms with Crippen LogP contribution in [-0.2, 0) is 36.9 Å². The highest BCUT2D eigenvalue weighted by atomic mass is 32.2. The lowest BCUT2D eigenvalue weighted by Crippen LogP contribution is -2.60. The van der Waals surface area contributed by atoms with Crippen molar-refractivity contribution in [1.29, 1.82) is 0 Å². The van der Waals surface area contributed by atoms with Gasteiger partial charge < -0.3 is 23.7 Å². The molecule has 0 N–H and O–H groups in total. The molecule has 1 aliphatic rings. The first kappa shape index (κ1) is 26.7. The molecule has 0 aliphatic carbocycles. The SMILES string of the molecule is C=CCOC[C@H]1O[C@@H](SCC)[C@H](OCc2ccccc2)[C@@H](OCC=C)[C@@H]1OCc1ccccc1. The van der Waals surface area contributed by atoms with E-state index in [2.05, 4.69) is 32.2 Å². The van der Waals surface area contributed by atoms with Gasteiger partial charge in [0, 0.05) is 0 Å². The summed E-state index contributed by atoms with van der Waals surface area (Å²) in [6, 6.07) is 20.2. The first-order valence-corrected chi connectivity index (χ1v) is 12.8. The van der Waals surface area contributed by atoms with Crippen molar-refractivity contribution in [3.8, 4) is 0 Å². The lowest BCUT2D eigenvalue weighted by Gasteiger charge is -2.46. The molecule has 2 aromatic carbocycles. The number of thioether (sulfide) groups is 1. The first-order valence-electron chi connectivity index (χ1n) is 11.8. The van der Waals surface area contributed by atoms with E-state index in [-0.39, 0.29) is 29.9 Å². The molecule has 5 nitrogen and oxygen atoms in total. The molecule has 0 bridgehead atoms. The van der Waals surface area contributed by atoms with Crippen molar-refractivity contribution in [1.82, 2.24) is 0 Å². The van der Waals surface area contributed by atoms with E-state index < -0.39 is 0 Å². The molecule has 0 saturated carbocycles. The summed E-state index contributed by atoms with van der Waals surface area (Å²) in [5, 5.41) is 0. The highest BCUT2D eigenvalue weighted by Gasteiger charge is 2.48. The van der Waals surface area contributed by atoms with Gasteiger partial charge in [0.05, 0.1) is 33.0 Å². The topological polar surface area (TPSA) is 46.2 Å². The average molecular weight is 485 g/mol. The zero-order valence-corrected chi connectivity index (χ0v) is 20.7. The van der Waals surface area contributed by atoms with Crippen molar-refractivity contribution >= 4 is 11.8 Å². The molecule has 1 heterocycles. The summed E-state index contributed by atoms with van der Waals surface area (Å²) >= 11 is 1.71. The second kappa shape index (κ2) is 15.1. The van der Waals surface area contributed by atoms with E-state index in [9.17, 15) is 0 Å². The van der Waals surface area contributed by atoms with Crippen molar-refractivity contribution in [2.24, 2.45) is 0 Å². The van der Waals surface area contributed by atoms with E-state index in [0.717, 1.165) is 16.9 Å². The Hall–Kier alpha value is -1.93. The molecule has 0 amide bonds. The van der Waals surface area contributed by atoms with Crippen molar-refractivity contribution in [2.45, 2.75) is 50.0 Å².